The van der Waals surface area contributed by atoms with Gasteiger partial charge in [-0.1, -0.05) is 0 Å². The summed E-state index contributed by atoms with van der Waals surface area (Å²) in [5, 5.41) is 173. The molecule has 0 amide bonds. The first-order valence-electron chi connectivity index (χ1n) is 7.02. The zero-order valence-electron chi connectivity index (χ0n) is 19.5. The minimum atomic E-state index is -6.03. The average Bonchev–Trinajstić information content (AvgIpc) is 3.06. The fourth-order valence-electron chi connectivity index (χ4n) is 0.750. The van der Waals surface area contributed by atoms with E-state index >= 15 is 0 Å². The van der Waals surface area contributed by atoms with E-state index in [9.17, 15) is 0 Å². The Hall–Kier alpha value is -5.58. The zero-order valence-corrected chi connectivity index (χ0v) is 27.0. The van der Waals surface area contributed by atoms with E-state index in [0.29, 0.717) is 0 Å². The number of rotatable bonds is 0. The van der Waals surface area contributed by atoms with Gasteiger partial charge in [-0.05, 0) is 0 Å². The molecule has 0 aromatic carbocycles. The van der Waals surface area contributed by atoms with Crippen molar-refractivity contribution in [1.82, 2.24) is 0 Å². The molecule has 0 heterocycles. The molecule has 0 fully saturated rings. The largest absolute Gasteiger partial charge is 3.00 e. The molecule has 0 atom stereocenters. The van der Waals surface area contributed by atoms with Crippen molar-refractivity contribution in [3.8, 4) is 90.1 Å². The predicted octanol–water partition coefficient (Wildman–Crippen LogP) is 0.285. The molecule has 0 aliphatic heterocycles. The summed E-state index contributed by atoms with van der Waals surface area (Å²) in [5.41, 5.74) is 0. The van der Waals surface area contributed by atoms with Crippen molar-refractivity contribution in [3.05, 3.63) is 0 Å². The van der Waals surface area contributed by atoms with Crippen LogP contribution in [-0.4, -0.2) is 0 Å². The molecule has 0 aromatic heterocycles. The summed E-state index contributed by atoms with van der Waals surface area (Å²) in [5.74, 6) is 0. The van der Waals surface area contributed by atoms with Crippen LogP contribution in [0, 0.1) is 185 Å². The molecule has 43 heavy (non-hydrogen) atoms. The molecule has 0 N–H and O–H groups in total. The van der Waals surface area contributed by atoms with Gasteiger partial charge in [-0.15, -0.1) is 0 Å². The molecule has 0 aromatic rings. The Morgan fingerprint density at radius 1 is 0.163 bits per heavy atom. The number of hydrogen-bond acceptors (Lipinski definition) is 18. The van der Waals surface area contributed by atoms with Crippen LogP contribution in [0.25, 0.3) is 0 Å². The second kappa shape index (κ2) is 13.9. The van der Waals surface area contributed by atoms with E-state index in [2.05, 4.69) is 0 Å². The van der Waals surface area contributed by atoms with Gasteiger partial charge in [-0.2, -0.15) is 0 Å². The van der Waals surface area contributed by atoms with Crippen molar-refractivity contribution >= 4 is 0 Å². The second-order valence-electron chi connectivity index (χ2n) is 5.09. The van der Waals surface area contributed by atoms with E-state index in [1.807, 2.05) is 0 Å². The fourth-order valence-corrected chi connectivity index (χ4v) is 3.09. The minimum absolute atomic E-state index is 0. The third kappa shape index (κ3) is 6.05. The van der Waals surface area contributed by atoms with Crippen molar-refractivity contribution in [3.63, 3.8) is 0 Å². The minimum Gasteiger partial charge on any atom is 3.00 e. The summed E-state index contributed by atoms with van der Waals surface area (Å²) < 4.78 is 0. The summed E-state index contributed by atoms with van der Waals surface area (Å²) >= 11 is 0. The van der Waals surface area contributed by atoms with Gasteiger partial charge in [0.2, 0.25) is 0 Å². The van der Waals surface area contributed by atoms with Gasteiger partial charge in [0, 0.05) is 0 Å². The van der Waals surface area contributed by atoms with Crippen molar-refractivity contribution in [1.29, 1.82) is 94.7 Å². The maximum absolute atomic E-state index is 8.58. The number of nitriles is 18. The van der Waals surface area contributed by atoms with Gasteiger partial charge < -0.3 is 0 Å². The normalized spacial score (nSPS) is 12.1. The molecule has 0 saturated heterocycles. The van der Waals surface area contributed by atoms with E-state index < -0.39 is 31.6 Å². The SMILES string of the molecule is N#[C][Co-4]([C]#N)([C]#N)([C]#N)([C]#N)[C]#N.N#[C][Co-4]([C]#N)([C]#N)([C]#N)([C]#N)[C]#N.N#[C][Co-4]([C]#N)([C]#N)([C]#N)([C]#N)[C]#N.[Fe+3].[Fe+3].[Fe+3].[Fe+3]. The van der Waals surface area contributed by atoms with Gasteiger partial charge in [-0.25, -0.2) is 0 Å². The van der Waals surface area contributed by atoms with Crippen molar-refractivity contribution in [2.45, 2.75) is 0 Å². The van der Waals surface area contributed by atoms with Crippen molar-refractivity contribution in [2.75, 3.05) is 0 Å². The van der Waals surface area contributed by atoms with Crippen LogP contribution < -0.4 is 0 Å². The standard InChI is InChI=1S/18CN.3Co.4Fe/c18*1-2;;;;;;;/q;;;;;;;;;;;;;;;;;;3*-4;4*+3. The monoisotopic (exact) mass is 869 g/mol. The van der Waals surface area contributed by atoms with Crippen LogP contribution in [-0.2, 0) is 99.9 Å². The molecule has 0 bridgehead atoms. The Morgan fingerprint density at radius 2 is 0.209 bits per heavy atom. The molecule has 0 aliphatic carbocycles. The number of hydrogen-bond donors (Lipinski definition) is 0. The molecule has 0 rings (SSSR count). The first-order chi connectivity index (χ1) is 17.9. The van der Waals surface area contributed by atoms with Crippen LogP contribution in [0.4, 0.5) is 0 Å². The molecule has 0 saturated carbocycles. The molecular formula is C18Co3Fe4N18. The fraction of sp³-hybridized carbons (Fsp3) is 0. The predicted molar refractivity (Wildman–Crippen MR) is 101 cm³/mol. The van der Waals surface area contributed by atoms with Crippen LogP contribution in [0.3, 0.4) is 0 Å². The Morgan fingerprint density at radius 3 is 0.209 bits per heavy atom. The van der Waals surface area contributed by atoms with E-state index in [1.54, 1.807) is 0 Å². The Labute approximate surface area is 281 Å². The molecule has 18 nitrogen and oxygen atoms in total. The molecule has 25 heteroatoms. The van der Waals surface area contributed by atoms with Gasteiger partial charge in [0.1, 0.15) is 0 Å². The van der Waals surface area contributed by atoms with E-state index in [1.165, 1.54) is 0 Å². The Kier molecular flexibility index (Phi) is 17.3. The first-order valence-corrected chi connectivity index (χ1v) is 16.4. The molecule has 0 aliphatic rings. The average molecular weight is 869 g/mol. The Balaban J connectivity index is -0.0000000864. The van der Waals surface area contributed by atoms with Gasteiger partial charge in [0.05, 0.1) is 0 Å². The second-order valence-corrected chi connectivity index (χ2v) is 21.0. The van der Waals surface area contributed by atoms with Gasteiger partial charge >= 0.3 is 285 Å². The first kappa shape index (κ1) is 53.6. The van der Waals surface area contributed by atoms with Crippen LogP contribution in [0.1, 0.15) is 0 Å². The topological polar surface area (TPSA) is 428 Å². The summed E-state index contributed by atoms with van der Waals surface area (Å²) in [7, 11) is -18.1. The third-order valence-corrected chi connectivity index (χ3v) is 13.8. The number of nitrogens with zero attached hydrogens (tertiary/aromatic N) is 18. The van der Waals surface area contributed by atoms with Crippen LogP contribution in [0.5, 0.6) is 0 Å². The van der Waals surface area contributed by atoms with E-state index in [0.717, 1.165) is 90.1 Å². The molecule has 221 valence electrons. The quantitative estimate of drug-likeness (QED) is 0.295. The zero-order chi connectivity index (χ0) is 32.0. The van der Waals surface area contributed by atoms with Crippen molar-refractivity contribution < 1.29 is 99.9 Å². The summed E-state index contributed by atoms with van der Waals surface area (Å²) in [6, 6.07) is 0. The molecular weight excluding hydrogens is 869 g/mol. The van der Waals surface area contributed by atoms with Gasteiger partial charge in [0.15, 0.2) is 0 Å². The molecule has 4 radical (unpaired) electrons. The van der Waals surface area contributed by atoms with Gasteiger partial charge in [0.25, 0.3) is 0 Å². The smallest absolute Gasteiger partial charge is 3.00 e. The van der Waals surface area contributed by atoms with Crippen LogP contribution in [0.15, 0.2) is 0 Å². The van der Waals surface area contributed by atoms with Crippen LogP contribution in [0.2, 0.25) is 0 Å². The van der Waals surface area contributed by atoms with Crippen LogP contribution >= 0.6 is 0 Å². The maximum atomic E-state index is 8.58. The Bertz CT molecular complexity index is 1420. The van der Waals surface area contributed by atoms with Crippen molar-refractivity contribution in [2.24, 2.45) is 0 Å². The van der Waals surface area contributed by atoms with E-state index in [-0.39, 0.29) is 68.3 Å². The summed E-state index contributed by atoms with van der Waals surface area (Å²) in [6.07, 6.45) is 0. The van der Waals surface area contributed by atoms with E-state index in [4.69, 9.17) is 94.7 Å². The maximum Gasteiger partial charge on any atom is 3.00 e. The molecule has 0 unspecified atom stereocenters. The third-order valence-electron chi connectivity index (χ3n) is 3.35. The molecule has 0 spiro atoms. The summed E-state index contributed by atoms with van der Waals surface area (Å²) in [6.45, 7) is 0. The van der Waals surface area contributed by atoms with Gasteiger partial charge in [-0.3, -0.25) is 0 Å². The summed E-state index contributed by atoms with van der Waals surface area (Å²) in [4.78, 5) is 0.